The summed E-state index contributed by atoms with van der Waals surface area (Å²) in [7, 11) is -3.24. The maximum absolute atomic E-state index is 11.3. The predicted molar refractivity (Wildman–Crippen MR) is 83.6 cm³/mol. The zero-order valence-electron chi connectivity index (χ0n) is 11.2. The molecule has 0 unspecified atom stereocenters. The Morgan fingerprint density at radius 1 is 1.25 bits per heavy atom. The number of hydrogen-bond donors (Lipinski definition) is 1. The first-order chi connectivity index (χ1) is 9.36. The maximum Gasteiger partial charge on any atom is 0.192 e. The second-order valence-electron chi connectivity index (χ2n) is 4.59. The minimum atomic E-state index is -3.24. The summed E-state index contributed by atoms with van der Waals surface area (Å²) < 4.78 is 23.7. The van der Waals surface area contributed by atoms with E-state index >= 15 is 0 Å². The van der Waals surface area contributed by atoms with Crippen LogP contribution < -0.4 is 5.32 Å². The van der Waals surface area contributed by atoms with Gasteiger partial charge < -0.3 is 5.32 Å². The smallest absolute Gasteiger partial charge is 0.192 e. The first-order valence-corrected chi connectivity index (χ1v) is 8.70. The summed E-state index contributed by atoms with van der Waals surface area (Å²) in [5.41, 5.74) is 3.12. The highest BCUT2D eigenvalue weighted by atomic mass is 79.9. The highest BCUT2D eigenvalue weighted by Gasteiger charge is 2.07. The van der Waals surface area contributed by atoms with Crippen LogP contribution in [0.4, 0.5) is 5.69 Å². The lowest BCUT2D eigenvalue weighted by molar-refractivity contribution is 0.598. The molecule has 0 bridgehead atoms. The van der Waals surface area contributed by atoms with E-state index in [0.29, 0.717) is 6.54 Å². The van der Waals surface area contributed by atoms with Gasteiger partial charge >= 0.3 is 0 Å². The number of hydrogen-bond acceptors (Lipinski definition) is 4. The molecule has 1 aromatic carbocycles. The number of aromatic nitrogens is 1. The topological polar surface area (TPSA) is 59.1 Å². The Labute approximate surface area is 127 Å². The molecule has 1 heterocycles. The molecule has 20 heavy (non-hydrogen) atoms. The molecular formula is C14H15BrN2O2S. The number of nitrogens with zero attached hydrogens (tertiary/aromatic N) is 1. The van der Waals surface area contributed by atoms with Crippen molar-refractivity contribution in [1.82, 2.24) is 4.98 Å². The van der Waals surface area contributed by atoms with Crippen molar-refractivity contribution in [2.24, 2.45) is 0 Å². The quantitative estimate of drug-likeness (QED) is 0.915. The minimum Gasteiger partial charge on any atom is -0.380 e. The van der Waals surface area contributed by atoms with Gasteiger partial charge in [-0.2, -0.15) is 0 Å². The average molecular weight is 355 g/mol. The fourth-order valence-electron chi connectivity index (χ4n) is 1.73. The Kier molecular flexibility index (Phi) is 4.45. The highest BCUT2D eigenvalue weighted by Crippen LogP contribution is 2.18. The molecule has 0 fully saturated rings. The van der Waals surface area contributed by atoms with E-state index in [9.17, 15) is 8.42 Å². The van der Waals surface area contributed by atoms with Crippen LogP contribution in [0.3, 0.4) is 0 Å². The molecule has 0 amide bonds. The molecule has 0 aliphatic rings. The third kappa shape index (κ3) is 3.80. The SMILES string of the molecule is Cc1cc(CNc2ccc(S(C)(=O)=O)nc2)ccc1Br. The molecule has 1 N–H and O–H groups in total. The lowest BCUT2D eigenvalue weighted by Gasteiger charge is -2.08. The summed E-state index contributed by atoms with van der Waals surface area (Å²) in [6, 6.07) is 9.36. The lowest BCUT2D eigenvalue weighted by atomic mass is 10.1. The molecule has 2 rings (SSSR count). The summed E-state index contributed by atoms with van der Waals surface area (Å²) in [4.78, 5) is 3.94. The molecule has 0 atom stereocenters. The van der Waals surface area contributed by atoms with E-state index in [0.717, 1.165) is 22.0 Å². The minimum absolute atomic E-state index is 0.0857. The van der Waals surface area contributed by atoms with E-state index in [1.807, 2.05) is 19.1 Å². The van der Waals surface area contributed by atoms with Crippen LogP contribution in [-0.4, -0.2) is 19.7 Å². The number of sulfone groups is 1. The number of pyridine rings is 1. The molecular weight excluding hydrogens is 340 g/mol. The molecule has 1 aromatic heterocycles. The van der Waals surface area contributed by atoms with Crippen LogP contribution in [0.5, 0.6) is 0 Å². The second-order valence-corrected chi connectivity index (χ2v) is 7.41. The highest BCUT2D eigenvalue weighted by molar-refractivity contribution is 9.10. The fraction of sp³-hybridized carbons (Fsp3) is 0.214. The van der Waals surface area contributed by atoms with Crippen LogP contribution >= 0.6 is 15.9 Å². The molecule has 106 valence electrons. The monoisotopic (exact) mass is 354 g/mol. The standard InChI is InChI=1S/C14H15BrN2O2S/c1-10-7-11(3-5-13(10)15)8-16-12-4-6-14(17-9-12)20(2,18)19/h3-7,9,16H,8H2,1-2H3. The van der Waals surface area contributed by atoms with Crippen LogP contribution in [0.15, 0.2) is 46.0 Å². The van der Waals surface area contributed by atoms with E-state index in [1.54, 1.807) is 6.07 Å². The summed E-state index contributed by atoms with van der Waals surface area (Å²) in [5.74, 6) is 0. The number of rotatable bonds is 4. The summed E-state index contributed by atoms with van der Waals surface area (Å²) in [6.07, 6.45) is 2.68. The zero-order chi connectivity index (χ0) is 14.8. The Morgan fingerprint density at radius 3 is 2.55 bits per heavy atom. The number of aryl methyl sites for hydroxylation is 1. The van der Waals surface area contributed by atoms with E-state index in [1.165, 1.54) is 17.8 Å². The normalized spacial score (nSPS) is 11.3. The van der Waals surface area contributed by atoms with E-state index in [4.69, 9.17) is 0 Å². The predicted octanol–water partition coefficient (Wildman–Crippen LogP) is 3.17. The number of nitrogens with one attached hydrogen (secondary N) is 1. The van der Waals surface area contributed by atoms with Gasteiger partial charge in [-0.1, -0.05) is 28.1 Å². The Morgan fingerprint density at radius 2 is 2.00 bits per heavy atom. The van der Waals surface area contributed by atoms with Crippen molar-refractivity contribution < 1.29 is 8.42 Å². The average Bonchev–Trinajstić information content (AvgIpc) is 2.40. The molecule has 0 saturated heterocycles. The van der Waals surface area contributed by atoms with Crippen LogP contribution in [0.25, 0.3) is 0 Å². The number of anilines is 1. The zero-order valence-corrected chi connectivity index (χ0v) is 13.6. The molecule has 4 nitrogen and oxygen atoms in total. The van der Waals surface area contributed by atoms with Crippen LogP contribution in [0.2, 0.25) is 0 Å². The van der Waals surface area contributed by atoms with Crippen LogP contribution in [0.1, 0.15) is 11.1 Å². The summed E-state index contributed by atoms with van der Waals surface area (Å²) in [5, 5.41) is 3.30. The second kappa shape index (κ2) is 5.93. The van der Waals surface area contributed by atoms with Gasteiger partial charge in [0.15, 0.2) is 14.9 Å². The molecule has 2 aromatic rings. The molecule has 0 saturated carbocycles. The van der Waals surface area contributed by atoms with Crippen LogP contribution in [0, 0.1) is 6.92 Å². The van der Waals surface area contributed by atoms with Gasteiger partial charge in [0.2, 0.25) is 0 Å². The van der Waals surface area contributed by atoms with E-state index in [-0.39, 0.29) is 5.03 Å². The Balaban J connectivity index is 2.06. The van der Waals surface area contributed by atoms with Crippen molar-refractivity contribution in [3.8, 4) is 0 Å². The molecule has 0 radical (unpaired) electrons. The number of halogens is 1. The van der Waals surface area contributed by atoms with Crippen LogP contribution in [-0.2, 0) is 16.4 Å². The third-order valence-electron chi connectivity index (χ3n) is 2.84. The van der Waals surface area contributed by atoms with E-state index < -0.39 is 9.84 Å². The van der Waals surface area contributed by atoms with Gasteiger partial charge in [-0.25, -0.2) is 13.4 Å². The first-order valence-electron chi connectivity index (χ1n) is 6.01. The Bertz CT molecular complexity index is 712. The fourth-order valence-corrected chi connectivity index (χ4v) is 2.53. The molecule has 0 aliphatic heterocycles. The van der Waals surface area contributed by atoms with Crippen molar-refractivity contribution >= 4 is 31.5 Å². The first kappa shape index (κ1) is 15.0. The summed E-state index contributed by atoms with van der Waals surface area (Å²) in [6.45, 7) is 2.70. The van der Waals surface area contributed by atoms with Gasteiger partial charge in [-0.3, -0.25) is 0 Å². The lowest BCUT2D eigenvalue weighted by Crippen LogP contribution is -2.03. The van der Waals surface area contributed by atoms with Crippen molar-refractivity contribution in [2.75, 3.05) is 11.6 Å². The van der Waals surface area contributed by atoms with E-state index in [2.05, 4.69) is 32.3 Å². The Hall–Kier alpha value is -1.40. The van der Waals surface area contributed by atoms with Gasteiger partial charge in [0.25, 0.3) is 0 Å². The van der Waals surface area contributed by atoms with Gasteiger partial charge in [-0.15, -0.1) is 0 Å². The van der Waals surface area contributed by atoms with Crippen molar-refractivity contribution in [2.45, 2.75) is 18.5 Å². The molecule has 0 spiro atoms. The number of benzene rings is 1. The van der Waals surface area contributed by atoms with Gasteiger partial charge in [0.05, 0.1) is 11.9 Å². The molecule has 6 heteroatoms. The van der Waals surface area contributed by atoms with Crippen molar-refractivity contribution in [1.29, 1.82) is 0 Å². The maximum atomic E-state index is 11.3. The molecule has 0 aliphatic carbocycles. The van der Waals surface area contributed by atoms with Crippen molar-refractivity contribution in [3.63, 3.8) is 0 Å². The van der Waals surface area contributed by atoms with Gasteiger partial charge in [0, 0.05) is 17.3 Å². The van der Waals surface area contributed by atoms with Gasteiger partial charge in [-0.05, 0) is 36.2 Å². The largest absolute Gasteiger partial charge is 0.380 e. The van der Waals surface area contributed by atoms with Crippen molar-refractivity contribution in [3.05, 3.63) is 52.1 Å². The summed E-state index contributed by atoms with van der Waals surface area (Å²) >= 11 is 3.46. The van der Waals surface area contributed by atoms with Gasteiger partial charge in [0.1, 0.15) is 0 Å². The third-order valence-corrected chi connectivity index (χ3v) is 4.73.